The van der Waals surface area contributed by atoms with Crippen molar-refractivity contribution in [1.82, 2.24) is 9.97 Å². The van der Waals surface area contributed by atoms with E-state index in [4.69, 9.17) is 0 Å². The molecule has 18 heavy (non-hydrogen) atoms. The maximum atomic E-state index is 4.60. The van der Waals surface area contributed by atoms with E-state index in [9.17, 15) is 0 Å². The summed E-state index contributed by atoms with van der Waals surface area (Å²) in [5.74, 6) is 1.70. The highest BCUT2D eigenvalue weighted by molar-refractivity contribution is 14.1. The van der Waals surface area contributed by atoms with Crippen LogP contribution >= 0.6 is 22.6 Å². The van der Waals surface area contributed by atoms with Gasteiger partial charge in [-0.05, 0) is 49.4 Å². The predicted molar refractivity (Wildman–Crippen MR) is 83.8 cm³/mol. The minimum Gasteiger partial charge on any atom is -0.369 e. The molecule has 0 amide bonds. The van der Waals surface area contributed by atoms with Crippen LogP contribution in [-0.4, -0.2) is 16.5 Å². The quantitative estimate of drug-likeness (QED) is 0.853. The minimum absolute atomic E-state index is 0.785. The average Bonchev–Trinajstić information content (AvgIpc) is 2.35. The van der Waals surface area contributed by atoms with Crippen molar-refractivity contribution in [2.24, 2.45) is 0 Å². The zero-order valence-corrected chi connectivity index (χ0v) is 12.9. The van der Waals surface area contributed by atoms with Gasteiger partial charge in [0.25, 0.3) is 0 Å². The molecule has 1 aromatic carbocycles. The van der Waals surface area contributed by atoms with Gasteiger partial charge < -0.3 is 5.32 Å². The Morgan fingerprint density at radius 2 is 2.00 bits per heavy atom. The summed E-state index contributed by atoms with van der Waals surface area (Å²) in [4.78, 5) is 9.17. The molecule has 0 aliphatic heterocycles. The van der Waals surface area contributed by atoms with Gasteiger partial charge in [0.2, 0.25) is 0 Å². The first-order valence-electron chi connectivity index (χ1n) is 5.97. The van der Waals surface area contributed by atoms with E-state index in [-0.39, 0.29) is 0 Å². The van der Waals surface area contributed by atoms with Gasteiger partial charge in [-0.15, -0.1) is 0 Å². The van der Waals surface area contributed by atoms with E-state index in [0.29, 0.717) is 0 Å². The Bertz CT molecular complexity index is 567. The summed E-state index contributed by atoms with van der Waals surface area (Å²) in [5.41, 5.74) is 3.30. The Morgan fingerprint density at radius 3 is 2.67 bits per heavy atom. The first-order valence-corrected chi connectivity index (χ1v) is 7.04. The highest BCUT2D eigenvalue weighted by atomic mass is 127. The van der Waals surface area contributed by atoms with Crippen LogP contribution in [0.15, 0.2) is 24.3 Å². The number of benzene rings is 1. The van der Waals surface area contributed by atoms with Crippen LogP contribution in [0.4, 0.5) is 5.82 Å². The zero-order valence-electron chi connectivity index (χ0n) is 10.8. The van der Waals surface area contributed by atoms with Gasteiger partial charge in [-0.3, -0.25) is 0 Å². The highest BCUT2D eigenvalue weighted by Gasteiger charge is 2.10. The molecule has 2 rings (SSSR count). The third-order valence-corrected chi connectivity index (χ3v) is 3.93. The Hall–Kier alpha value is -1.17. The van der Waals surface area contributed by atoms with Gasteiger partial charge in [0.05, 0.1) is 9.26 Å². The minimum atomic E-state index is 0.785. The molecule has 2 aromatic rings. The first-order chi connectivity index (χ1) is 8.61. The zero-order chi connectivity index (χ0) is 13.1. The molecule has 1 aromatic heterocycles. The summed E-state index contributed by atoms with van der Waals surface area (Å²) in [5, 5.41) is 3.28. The second-order valence-corrected chi connectivity index (χ2v) is 5.27. The fraction of sp³-hybridized carbons (Fsp3) is 0.286. The summed E-state index contributed by atoms with van der Waals surface area (Å²) < 4.78 is 1.09. The van der Waals surface area contributed by atoms with Gasteiger partial charge in [0.1, 0.15) is 5.82 Å². The van der Waals surface area contributed by atoms with Crippen molar-refractivity contribution in [3.63, 3.8) is 0 Å². The van der Waals surface area contributed by atoms with E-state index in [0.717, 1.165) is 33.0 Å². The van der Waals surface area contributed by atoms with E-state index < -0.39 is 0 Å². The lowest BCUT2D eigenvalue weighted by Crippen LogP contribution is -2.06. The molecule has 0 aliphatic carbocycles. The van der Waals surface area contributed by atoms with Gasteiger partial charge in [-0.1, -0.05) is 23.8 Å². The van der Waals surface area contributed by atoms with E-state index in [1.807, 2.05) is 19.1 Å². The third kappa shape index (κ3) is 2.80. The van der Waals surface area contributed by atoms with Crippen molar-refractivity contribution in [3.05, 3.63) is 39.1 Å². The van der Waals surface area contributed by atoms with Gasteiger partial charge in [0.15, 0.2) is 5.82 Å². The van der Waals surface area contributed by atoms with Gasteiger partial charge in [-0.2, -0.15) is 0 Å². The molecule has 1 heterocycles. The number of halogens is 1. The Balaban J connectivity index is 2.51. The standard InChI is InChI=1S/C14H16IN3/c1-4-16-14-12(15)10(3)17-13(18-14)11-7-5-6-9(2)8-11/h5-8H,4H2,1-3H3,(H,16,17,18). The normalized spacial score (nSPS) is 10.4. The molecule has 4 heteroatoms. The summed E-state index contributed by atoms with van der Waals surface area (Å²) in [6.07, 6.45) is 0. The number of hydrogen-bond acceptors (Lipinski definition) is 3. The number of aromatic nitrogens is 2. The van der Waals surface area contributed by atoms with E-state index in [1.54, 1.807) is 0 Å². The Kier molecular flexibility index (Phi) is 4.16. The van der Waals surface area contributed by atoms with E-state index in [2.05, 4.69) is 63.9 Å². The van der Waals surface area contributed by atoms with Crippen LogP contribution in [0.3, 0.4) is 0 Å². The number of hydrogen-bond donors (Lipinski definition) is 1. The SMILES string of the molecule is CCNc1nc(-c2cccc(C)c2)nc(C)c1I. The topological polar surface area (TPSA) is 37.8 Å². The molecule has 0 aliphatic rings. The summed E-state index contributed by atoms with van der Waals surface area (Å²) in [7, 11) is 0. The first kappa shape index (κ1) is 13.3. The van der Waals surface area contributed by atoms with Crippen molar-refractivity contribution in [3.8, 4) is 11.4 Å². The molecule has 0 radical (unpaired) electrons. The molecular weight excluding hydrogens is 337 g/mol. The molecule has 0 saturated carbocycles. The molecule has 1 N–H and O–H groups in total. The Morgan fingerprint density at radius 1 is 1.22 bits per heavy atom. The second kappa shape index (κ2) is 5.65. The fourth-order valence-electron chi connectivity index (χ4n) is 1.76. The molecule has 0 bridgehead atoms. The van der Waals surface area contributed by atoms with Crippen molar-refractivity contribution >= 4 is 28.4 Å². The molecule has 0 atom stereocenters. The fourth-order valence-corrected chi connectivity index (χ4v) is 2.19. The van der Waals surface area contributed by atoms with Crippen molar-refractivity contribution in [2.75, 3.05) is 11.9 Å². The number of nitrogens with zero attached hydrogens (tertiary/aromatic N) is 2. The second-order valence-electron chi connectivity index (χ2n) is 4.20. The van der Waals surface area contributed by atoms with Crippen LogP contribution in [0.25, 0.3) is 11.4 Å². The molecule has 0 fully saturated rings. The summed E-state index contributed by atoms with van der Waals surface area (Å²) in [6, 6.07) is 8.27. The monoisotopic (exact) mass is 353 g/mol. The Labute approximate surface area is 121 Å². The molecule has 0 saturated heterocycles. The van der Waals surface area contributed by atoms with Crippen LogP contribution in [0, 0.1) is 17.4 Å². The van der Waals surface area contributed by atoms with Crippen molar-refractivity contribution in [1.29, 1.82) is 0 Å². The van der Waals surface area contributed by atoms with Crippen LogP contribution in [-0.2, 0) is 0 Å². The van der Waals surface area contributed by atoms with Crippen LogP contribution < -0.4 is 5.32 Å². The van der Waals surface area contributed by atoms with E-state index in [1.165, 1.54) is 5.56 Å². The molecule has 0 unspecified atom stereocenters. The lowest BCUT2D eigenvalue weighted by molar-refractivity contribution is 1.06. The molecule has 3 nitrogen and oxygen atoms in total. The largest absolute Gasteiger partial charge is 0.369 e. The van der Waals surface area contributed by atoms with Crippen molar-refractivity contribution in [2.45, 2.75) is 20.8 Å². The molecule has 0 spiro atoms. The van der Waals surface area contributed by atoms with Crippen LogP contribution in [0.1, 0.15) is 18.2 Å². The van der Waals surface area contributed by atoms with Crippen LogP contribution in [0.2, 0.25) is 0 Å². The molecular formula is C14H16IN3. The third-order valence-electron chi connectivity index (χ3n) is 2.64. The summed E-state index contributed by atoms with van der Waals surface area (Å²) >= 11 is 2.28. The molecule has 94 valence electrons. The highest BCUT2D eigenvalue weighted by Crippen LogP contribution is 2.23. The van der Waals surface area contributed by atoms with Crippen LogP contribution in [0.5, 0.6) is 0 Å². The number of anilines is 1. The van der Waals surface area contributed by atoms with E-state index >= 15 is 0 Å². The lowest BCUT2D eigenvalue weighted by atomic mass is 10.1. The predicted octanol–water partition coefficient (Wildman–Crippen LogP) is 3.80. The van der Waals surface area contributed by atoms with Gasteiger partial charge in [-0.25, -0.2) is 9.97 Å². The van der Waals surface area contributed by atoms with Gasteiger partial charge >= 0.3 is 0 Å². The lowest BCUT2D eigenvalue weighted by Gasteiger charge is -2.10. The number of aryl methyl sites for hydroxylation is 2. The smallest absolute Gasteiger partial charge is 0.161 e. The van der Waals surface area contributed by atoms with Gasteiger partial charge in [0, 0.05) is 12.1 Å². The average molecular weight is 353 g/mol. The maximum Gasteiger partial charge on any atom is 0.161 e. The number of nitrogens with one attached hydrogen (secondary N) is 1. The van der Waals surface area contributed by atoms with Crippen molar-refractivity contribution < 1.29 is 0 Å². The maximum absolute atomic E-state index is 4.60. The summed E-state index contributed by atoms with van der Waals surface area (Å²) in [6.45, 7) is 7.03. The number of rotatable bonds is 3.